The number of amides is 1. The van der Waals surface area contributed by atoms with Gasteiger partial charge in [-0.3, -0.25) is 4.79 Å². The third-order valence-electron chi connectivity index (χ3n) is 4.08. The number of furan rings is 1. The largest absolute Gasteiger partial charge is 0.489 e. The van der Waals surface area contributed by atoms with Crippen molar-refractivity contribution in [2.75, 3.05) is 12.4 Å². The highest BCUT2D eigenvalue weighted by atomic mass is 16.5. The van der Waals surface area contributed by atoms with Crippen LogP contribution in [0.1, 0.15) is 32.0 Å². The van der Waals surface area contributed by atoms with Crippen LogP contribution in [0.15, 0.2) is 65.3 Å². The molecule has 2 aromatic carbocycles. The third-order valence-corrected chi connectivity index (χ3v) is 4.08. The molecule has 3 aromatic rings. The molecule has 0 bridgehead atoms. The van der Waals surface area contributed by atoms with E-state index in [2.05, 4.69) is 5.32 Å². The molecule has 1 amide bonds. The Morgan fingerprint density at radius 1 is 1.04 bits per heavy atom. The molecule has 0 saturated carbocycles. The van der Waals surface area contributed by atoms with Crippen molar-refractivity contribution in [2.24, 2.45) is 0 Å². The lowest BCUT2D eigenvalue weighted by molar-refractivity contribution is 0.0599. The predicted octanol–water partition coefficient (Wildman–Crippen LogP) is 4.21. The van der Waals surface area contributed by atoms with E-state index in [0.29, 0.717) is 28.1 Å². The molecule has 1 aromatic heterocycles. The number of nitrogens with one attached hydrogen (secondary N) is 1. The summed E-state index contributed by atoms with van der Waals surface area (Å²) in [5.74, 6) is -0.0178. The average Bonchev–Trinajstić information content (AvgIpc) is 3.17. The van der Waals surface area contributed by atoms with E-state index in [1.165, 1.54) is 13.4 Å². The lowest BCUT2D eigenvalue weighted by Gasteiger charge is -2.11. The van der Waals surface area contributed by atoms with Crippen LogP contribution in [0, 0.1) is 6.92 Å². The molecule has 27 heavy (non-hydrogen) atoms. The molecular formula is C21H19NO5. The van der Waals surface area contributed by atoms with Gasteiger partial charge in [-0.05, 0) is 42.8 Å². The Bertz CT molecular complexity index is 946. The zero-order chi connectivity index (χ0) is 19.2. The highest BCUT2D eigenvalue weighted by Gasteiger charge is 2.19. The topological polar surface area (TPSA) is 77.8 Å². The Morgan fingerprint density at radius 2 is 1.81 bits per heavy atom. The van der Waals surface area contributed by atoms with Crippen LogP contribution in [-0.4, -0.2) is 19.0 Å². The zero-order valence-corrected chi connectivity index (χ0v) is 15.0. The van der Waals surface area contributed by atoms with Crippen LogP contribution in [0.25, 0.3) is 0 Å². The monoisotopic (exact) mass is 365 g/mol. The first-order valence-electron chi connectivity index (χ1n) is 8.33. The summed E-state index contributed by atoms with van der Waals surface area (Å²) in [6.07, 6.45) is 1.44. The summed E-state index contributed by atoms with van der Waals surface area (Å²) in [5, 5.41) is 2.77. The lowest BCUT2D eigenvalue weighted by atomic mass is 10.1. The van der Waals surface area contributed by atoms with Gasteiger partial charge in [-0.1, -0.05) is 24.3 Å². The quantitative estimate of drug-likeness (QED) is 0.662. The van der Waals surface area contributed by atoms with E-state index in [1.807, 2.05) is 30.3 Å². The van der Waals surface area contributed by atoms with Crippen molar-refractivity contribution in [3.63, 3.8) is 0 Å². The first-order chi connectivity index (χ1) is 13.1. The van der Waals surface area contributed by atoms with E-state index in [4.69, 9.17) is 13.9 Å². The Labute approximate surface area is 156 Å². The van der Waals surface area contributed by atoms with Crippen LogP contribution in [0.4, 0.5) is 5.69 Å². The fraction of sp³-hybridized carbons (Fsp3) is 0.143. The summed E-state index contributed by atoms with van der Waals surface area (Å²) >= 11 is 0. The Balaban J connectivity index is 1.74. The van der Waals surface area contributed by atoms with Gasteiger partial charge in [0.15, 0.2) is 5.76 Å². The van der Waals surface area contributed by atoms with Crippen LogP contribution < -0.4 is 10.1 Å². The fourth-order valence-electron chi connectivity index (χ4n) is 2.61. The number of benzene rings is 2. The molecule has 6 heteroatoms. The van der Waals surface area contributed by atoms with Crippen molar-refractivity contribution in [3.05, 3.63) is 83.3 Å². The summed E-state index contributed by atoms with van der Waals surface area (Å²) < 4.78 is 15.8. The number of carbonyl (C=O) groups is 2. The highest BCUT2D eigenvalue weighted by Crippen LogP contribution is 2.22. The smallest absolute Gasteiger partial charge is 0.338 e. The molecule has 0 atom stereocenters. The van der Waals surface area contributed by atoms with Gasteiger partial charge in [-0.2, -0.15) is 0 Å². The van der Waals surface area contributed by atoms with Crippen molar-refractivity contribution in [2.45, 2.75) is 13.5 Å². The van der Waals surface area contributed by atoms with E-state index in [0.717, 1.165) is 0 Å². The molecule has 0 aliphatic rings. The van der Waals surface area contributed by atoms with E-state index >= 15 is 0 Å². The summed E-state index contributed by atoms with van der Waals surface area (Å²) in [4.78, 5) is 24.4. The van der Waals surface area contributed by atoms with E-state index < -0.39 is 11.9 Å². The van der Waals surface area contributed by atoms with Crippen molar-refractivity contribution < 1.29 is 23.5 Å². The maximum absolute atomic E-state index is 12.6. The van der Waals surface area contributed by atoms with Gasteiger partial charge in [0.25, 0.3) is 5.91 Å². The first kappa shape index (κ1) is 18.3. The van der Waals surface area contributed by atoms with Gasteiger partial charge >= 0.3 is 5.97 Å². The highest BCUT2D eigenvalue weighted by molar-refractivity contribution is 6.04. The molecule has 0 aliphatic carbocycles. The number of hydrogen-bond donors (Lipinski definition) is 1. The van der Waals surface area contributed by atoms with E-state index in [9.17, 15) is 9.59 Å². The molecule has 3 rings (SSSR count). The second-order valence-corrected chi connectivity index (χ2v) is 5.80. The minimum absolute atomic E-state index is 0.161. The van der Waals surface area contributed by atoms with Gasteiger partial charge < -0.3 is 19.2 Å². The number of ether oxygens (including phenoxy) is 2. The number of anilines is 1. The maximum atomic E-state index is 12.6. The summed E-state index contributed by atoms with van der Waals surface area (Å²) in [6, 6.07) is 16.0. The van der Waals surface area contributed by atoms with Crippen LogP contribution in [-0.2, 0) is 11.3 Å². The number of esters is 1. The van der Waals surface area contributed by atoms with Gasteiger partial charge in [0.1, 0.15) is 12.4 Å². The summed E-state index contributed by atoms with van der Waals surface area (Å²) in [5.41, 5.74) is 2.14. The zero-order valence-electron chi connectivity index (χ0n) is 15.0. The number of para-hydroxylation sites is 1. The van der Waals surface area contributed by atoms with Crippen LogP contribution in [0.5, 0.6) is 5.75 Å². The molecule has 0 radical (unpaired) electrons. The number of methoxy groups -OCH3 is 1. The Kier molecular flexibility index (Phi) is 5.56. The summed E-state index contributed by atoms with van der Waals surface area (Å²) in [6.45, 7) is 1.94. The molecule has 0 fully saturated rings. The second-order valence-electron chi connectivity index (χ2n) is 5.80. The molecule has 0 aliphatic heterocycles. The lowest BCUT2D eigenvalue weighted by Crippen LogP contribution is -2.15. The molecule has 138 valence electrons. The van der Waals surface area contributed by atoms with E-state index in [-0.39, 0.29) is 12.4 Å². The maximum Gasteiger partial charge on any atom is 0.338 e. The van der Waals surface area contributed by atoms with Gasteiger partial charge in [0.05, 0.1) is 18.9 Å². The van der Waals surface area contributed by atoms with Crippen LogP contribution >= 0.6 is 0 Å². The van der Waals surface area contributed by atoms with Crippen molar-refractivity contribution in [3.8, 4) is 5.75 Å². The molecule has 1 N–H and O–H groups in total. The minimum Gasteiger partial charge on any atom is -0.489 e. The number of hydrogen-bond acceptors (Lipinski definition) is 5. The molecule has 0 unspecified atom stereocenters. The third kappa shape index (κ3) is 4.17. The number of carbonyl (C=O) groups excluding carboxylic acids is 2. The van der Waals surface area contributed by atoms with Gasteiger partial charge in [0, 0.05) is 11.3 Å². The van der Waals surface area contributed by atoms with Crippen molar-refractivity contribution in [1.82, 2.24) is 0 Å². The second kappa shape index (κ2) is 8.23. The molecular weight excluding hydrogens is 346 g/mol. The minimum atomic E-state index is -0.460. The molecule has 0 spiro atoms. The van der Waals surface area contributed by atoms with Crippen molar-refractivity contribution >= 4 is 17.6 Å². The summed E-state index contributed by atoms with van der Waals surface area (Å²) in [7, 11) is 1.31. The Hall–Kier alpha value is -3.54. The normalized spacial score (nSPS) is 10.3. The Morgan fingerprint density at radius 3 is 2.56 bits per heavy atom. The fourth-order valence-corrected chi connectivity index (χ4v) is 2.61. The SMILES string of the molecule is COC(=O)c1cccc(NC(=O)c2occc2COc2ccccc2)c1C. The number of rotatable bonds is 6. The molecule has 6 nitrogen and oxygen atoms in total. The van der Waals surface area contributed by atoms with Crippen molar-refractivity contribution in [1.29, 1.82) is 0 Å². The van der Waals surface area contributed by atoms with Gasteiger partial charge in [-0.25, -0.2) is 4.79 Å². The van der Waals surface area contributed by atoms with Crippen LogP contribution in [0.2, 0.25) is 0 Å². The molecule has 1 heterocycles. The standard InChI is InChI=1S/C21H19NO5/c1-14-17(21(24)25-2)9-6-10-18(14)22-20(23)19-15(11-12-26-19)13-27-16-7-4-3-5-8-16/h3-12H,13H2,1-2H3,(H,22,23). The van der Waals surface area contributed by atoms with Gasteiger partial charge in [-0.15, -0.1) is 0 Å². The molecule has 0 saturated heterocycles. The first-order valence-corrected chi connectivity index (χ1v) is 8.33. The van der Waals surface area contributed by atoms with E-state index in [1.54, 1.807) is 31.2 Å². The van der Waals surface area contributed by atoms with Crippen LogP contribution in [0.3, 0.4) is 0 Å². The average molecular weight is 365 g/mol. The predicted molar refractivity (Wildman–Crippen MR) is 100.0 cm³/mol. The van der Waals surface area contributed by atoms with Gasteiger partial charge in [0.2, 0.25) is 0 Å².